The largest absolute Gasteiger partial charge is 0.350 e. The van der Waals surface area contributed by atoms with E-state index in [0.717, 1.165) is 31.4 Å². The minimum atomic E-state index is -0.596. The lowest BCUT2D eigenvalue weighted by molar-refractivity contribution is -0.385. The highest BCUT2D eigenvalue weighted by molar-refractivity contribution is 6.23. The number of carbonyl (C=O) groups is 2. The third-order valence-corrected chi connectivity index (χ3v) is 6.52. The van der Waals surface area contributed by atoms with Crippen molar-refractivity contribution in [3.63, 3.8) is 0 Å². The molecule has 1 aliphatic carbocycles. The summed E-state index contributed by atoms with van der Waals surface area (Å²) in [5.41, 5.74) is 2.01. The molecular formula is C22H21N3O4. The van der Waals surface area contributed by atoms with Gasteiger partial charge in [0.1, 0.15) is 12.2 Å². The molecule has 29 heavy (non-hydrogen) atoms. The van der Waals surface area contributed by atoms with Crippen molar-refractivity contribution in [2.45, 2.75) is 38.1 Å². The molecule has 2 aliphatic heterocycles. The zero-order valence-corrected chi connectivity index (χ0v) is 15.9. The van der Waals surface area contributed by atoms with Crippen molar-refractivity contribution in [3.05, 3.63) is 69.3 Å². The van der Waals surface area contributed by atoms with Crippen molar-refractivity contribution in [2.75, 3.05) is 11.6 Å². The first-order valence-electron chi connectivity index (χ1n) is 10.0. The van der Waals surface area contributed by atoms with Crippen LogP contribution in [0, 0.1) is 16.0 Å². The topological polar surface area (TPSA) is 83.8 Å². The maximum atomic E-state index is 13.1. The van der Waals surface area contributed by atoms with Gasteiger partial charge in [0.2, 0.25) is 0 Å². The number of nitro groups is 1. The van der Waals surface area contributed by atoms with Gasteiger partial charge in [0.05, 0.1) is 10.5 Å². The molecule has 0 bridgehead atoms. The van der Waals surface area contributed by atoms with E-state index in [-0.39, 0.29) is 29.5 Å². The maximum Gasteiger partial charge on any atom is 0.282 e. The summed E-state index contributed by atoms with van der Waals surface area (Å²) in [6.45, 7) is 0.127. The second-order valence-corrected chi connectivity index (χ2v) is 8.05. The SMILES string of the molecule is O=C1c2cccc([N+](=O)[O-])c2C(=O)N1CN1c2ccccc2CC2CCCCC21. The van der Waals surface area contributed by atoms with Gasteiger partial charge in [-0.2, -0.15) is 0 Å². The lowest BCUT2D eigenvalue weighted by Gasteiger charge is -2.47. The molecule has 2 heterocycles. The average molecular weight is 391 g/mol. The molecular weight excluding hydrogens is 370 g/mol. The van der Waals surface area contributed by atoms with Crippen molar-refractivity contribution >= 4 is 23.2 Å². The number of imide groups is 1. The summed E-state index contributed by atoms with van der Waals surface area (Å²) in [7, 11) is 0. The van der Waals surface area contributed by atoms with Crippen LogP contribution in [-0.2, 0) is 6.42 Å². The third-order valence-electron chi connectivity index (χ3n) is 6.52. The van der Waals surface area contributed by atoms with Crippen molar-refractivity contribution in [2.24, 2.45) is 5.92 Å². The predicted octanol–water partition coefficient (Wildman–Crippen LogP) is 3.77. The van der Waals surface area contributed by atoms with E-state index < -0.39 is 16.7 Å². The molecule has 2 aromatic rings. The summed E-state index contributed by atoms with van der Waals surface area (Å²) >= 11 is 0. The number of para-hydroxylation sites is 1. The monoisotopic (exact) mass is 391 g/mol. The number of fused-ring (bicyclic) bond motifs is 3. The number of hydrogen-bond acceptors (Lipinski definition) is 5. The number of hydrogen-bond donors (Lipinski definition) is 0. The van der Waals surface area contributed by atoms with Gasteiger partial charge >= 0.3 is 0 Å². The molecule has 0 spiro atoms. The fourth-order valence-corrected chi connectivity index (χ4v) is 5.19. The first kappa shape index (κ1) is 17.8. The minimum absolute atomic E-state index is 0.0898. The zero-order chi connectivity index (χ0) is 20.1. The quantitative estimate of drug-likeness (QED) is 0.452. The van der Waals surface area contributed by atoms with Crippen molar-refractivity contribution in [1.82, 2.24) is 4.90 Å². The highest BCUT2D eigenvalue weighted by Gasteiger charge is 2.44. The Balaban J connectivity index is 1.53. The molecule has 7 heteroatoms. The number of carbonyl (C=O) groups excluding carboxylic acids is 2. The number of nitrogens with zero attached hydrogens (tertiary/aromatic N) is 3. The summed E-state index contributed by atoms with van der Waals surface area (Å²) in [6.07, 6.45) is 5.53. The molecule has 0 radical (unpaired) electrons. The second kappa shape index (κ2) is 6.69. The number of nitro benzene ring substituents is 1. The molecule has 2 unspecified atom stereocenters. The van der Waals surface area contributed by atoms with Crippen LogP contribution in [0.4, 0.5) is 11.4 Å². The lowest BCUT2D eigenvalue weighted by atomic mass is 9.76. The number of anilines is 1. The maximum absolute atomic E-state index is 13.1. The van der Waals surface area contributed by atoms with E-state index in [4.69, 9.17) is 0 Å². The third kappa shape index (κ3) is 2.72. The Kier molecular flexibility index (Phi) is 4.12. The van der Waals surface area contributed by atoms with Crippen LogP contribution in [0.1, 0.15) is 52.0 Å². The first-order chi connectivity index (χ1) is 14.1. The van der Waals surface area contributed by atoms with Crippen molar-refractivity contribution in [1.29, 1.82) is 0 Å². The predicted molar refractivity (Wildman–Crippen MR) is 107 cm³/mol. The standard InChI is InChI=1S/C22H21N3O4/c26-21-16-8-5-11-19(25(28)29)20(16)22(27)24(21)13-23-17-9-3-1-6-14(17)12-15-7-2-4-10-18(15)23/h1,3,5-6,8-9,11,15,18H,2,4,7,10,12-13H2. The van der Waals surface area contributed by atoms with Gasteiger partial charge in [0, 0.05) is 17.8 Å². The molecule has 0 N–H and O–H groups in total. The van der Waals surface area contributed by atoms with E-state index in [9.17, 15) is 19.7 Å². The Morgan fingerprint density at radius 1 is 1.00 bits per heavy atom. The Hall–Kier alpha value is -3.22. The summed E-state index contributed by atoms with van der Waals surface area (Å²) in [6, 6.07) is 12.7. The Morgan fingerprint density at radius 2 is 1.79 bits per heavy atom. The van der Waals surface area contributed by atoms with Crippen LogP contribution in [0.2, 0.25) is 0 Å². The van der Waals surface area contributed by atoms with Crippen LogP contribution in [-0.4, -0.2) is 34.3 Å². The molecule has 2 aromatic carbocycles. The Morgan fingerprint density at radius 3 is 2.62 bits per heavy atom. The smallest absolute Gasteiger partial charge is 0.282 e. The normalized spacial score (nSPS) is 22.9. The molecule has 5 rings (SSSR count). The number of benzene rings is 2. The van der Waals surface area contributed by atoms with Gasteiger partial charge in [-0.05, 0) is 42.9 Å². The van der Waals surface area contributed by atoms with E-state index in [1.165, 1.54) is 35.1 Å². The molecule has 0 aromatic heterocycles. The van der Waals surface area contributed by atoms with E-state index in [0.29, 0.717) is 5.92 Å². The molecule has 2 atom stereocenters. The molecule has 3 aliphatic rings. The highest BCUT2D eigenvalue weighted by atomic mass is 16.6. The Bertz CT molecular complexity index is 1030. The van der Waals surface area contributed by atoms with Gasteiger partial charge < -0.3 is 4.90 Å². The number of rotatable bonds is 3. The van der Waals surface area contributed by atoms with Crippen LogP contribution in [0.25, 0.3) is 0 Å². The van der Waals surface area contributed by atoms with Crippen LogP contribution in [0.5, 0.6) is 0 Å². The van der Waals surface area contributed by atoms with E-state index in [1.807, 2.05) is 18.2 Å². The summed E-state index contributed by atoms with van der Waals surface area (Å²) in [5.74, 6) is -0.528. The van der Waals surface area contributed by atoms with Crippen LogP contribution < -0.4 is 4.90 Å². The van der Waals surface area contributed by atoms with Gasteiger partial charge in [-0.3, -0.25) is 24.6 Å². The lowest BCUT2D eigenvalue weighted by Crippen LogP contribution is -2.52. The molecule has 148 valence electrons. The summed E-state index contributed by atoms with van der Waals surface area (Å²) < 4.78 is 0. The van der Waals surface area contributed by atoms with Gasteiger partial charge in [0.25, 0.3) is 17.5 Å². The fourth-order valence-electron chi connectivity index (χ4n) is 5.19. The molecule has 1 saturated carbocycles. The van der Waals surface area contributed by atoms with E-state index >= 15 is 0 Å². The van der Waals surface area contributed by atoms with Crippen molar-refractivity contribution in [3.8, 4) is 0 Å². The molecule has 2 amide bonds. The molecule has 1 fully saturated rings. The molecule has 0 saturated heterocycles. The van der Waals surface area contributed by atoms with Crippen LogP contribution in [0.3, 0.4) is 0 Å². The van der Waals surface area contributed by atoms with Gasteiger partial charge in [0.15, 0.2) is 0 Å². The van der Waals surface area contributed by atoms with Gasteiger partial charge in [-0.1, -0.05) is 37.1 Å². The first-order valence-corrected chi connectivity index (χ1v) is 10.0. The highest BCUT2D eigenvalue weighted by Crippen LogP contribution is 2.41. The van der Waals surface area contributed by atoms with E-state index in [1.54, 1.807) is 0 Å². The summed E-state index contributed by atoms with van der Waals surface area (Å²) in [4.78, 5) is 40.2. The van der Waals surface area contributed by atoms with Gasteiger partial charge in [-0.25, -0.2) is 0 Å². The second-order valence-electron chi connectivity index (χ2n) is 8.05. The minimum Gasteiger partial charge on any atom is -0.350 e. The number of amides is 2. The molecule has 7 nitrogen and oxygen atoms in total. The van der Waals surface area contributed by atoms with Crippen LogP contribution >= 0.6 is 0 Å². The van der Waals surface area contributed by atoms with Gasteiger partial charge in [-0.15, -0.1) is 0 Å². The fraction of sp³-hybridized carbons (Fsp3) is 0.364. The summed E-state index contributed by atoms with van der Waals surface area (Å²) in [5, 5.41) is 11.4. The van der Waals surface area contributed by atoms with E-state index in [2.05, 4.69) is 11.0 Å². The Labute approximate surface area is 168 Å². The zero-order valence-electron chi connectivity index (χ0n) is 15.9. The van der Waals surface area contributed by atoms with Crippen molar-refractivity contribution < 1.29 is 14.5 Å². The average Bonchev–Trinajstić information content (AvgIpc) is 2.98. The van der Waals surface area contributed by atoms with Crippen LogP contribution in [0.15, 0.2) is 42.5 Å².